The number of halogens is 1. The molecule has 0 spiro atoms. The van der Waals surface area contributed by atoms with Gasteiger partial charge in [0.1, 0.15) is 0 Å². The Hall–Kier alpha value is -1.43. The van der Waals surface area contributed by atoms with Crippen LogP contribution in [0.15, 0.2) is 17.5 Å². The standard InChI is InChI=1S/C15H19FN2O2S/c16-15(14(20)17-9-11-4-5-11)6-2-7-18(10-15)13(19)12-3-1-8-21-12/h1,3,8,11H,2,4-7,9-10H2,(H,17,20). The largest absolute Gasteiger partial charge is 0.353 e. The fourth-order valence-electron chi connectivity index (χ4n) is 2.64. The molecule has 2 heterocycles. The normalized spacial score (nSPS) is 25.7. The van der Waals surface area contributed by atoms with Crippen molar-refractivity contribution in [3.05, 3.63) is 22.4 Å². The van der Waals surface area contributed by atoms with E-state index in [1.165, 1.54) is 16.2 Å². The van der Waals surface area contributed by atoms with Gasteiger partial charge in [-0.1, -0.05) is 6.07 Å². The molecule has 1 aliphatic carbocycles. The molecule has 1 saturated heterocycles. The minimum absolute atomic E-state index is 0.139. The van der Waals surface area contributed by atoms with Crippen LogP contribution in [-0.4, -0.2) is 42.0 Å². The highest BCUT2D eigenvalue weighted by atomic mass is 32.1. The minimum Gasteiger partial charge on any atom is -0.353 e. The van der Waals surface area contributed by atoms with Crippen LogP contribution in [0.25, 0.3) is 0 Å². The van der Waals surface area contributed by atoms with Crippen molar-refractivity contribution in [2.75, 3.05) is 19.6 Å². The van der Waals surface area contributed by atoms with Gasteiger partial charge < -0.3 is 10.2 Å². The van der Waals surface area contributed by atoms with Gasteiger partial charge >= 0.3 is 0 Å². The Morgan fingerprint density at radius 1 is 1.48 bits per heavy atom. The van der Waals surface area contributed by atoms with Gasteiger partial charge in [0.15, 0.2) is 0 Å². The van der Waals surface area contributed by atoms with Crippen LogP contribution in [-0.2, 0) is 4.79 Å². The van der Waals surface area contributed by atoms with Gasteiger partial charge in [0, 0.05) is 13.1 Å². The molecule has 6 heteroatoms. The molecular weight excluding hydrogens is 291 g/mol. The number of piperidine rings is 1. The molecule has 3 rings (SSSR count). The molecule has 1 saturated carbocycles. The molecule has 21 heavy (non-hydrogen) atoms. The number of hydrogen-bond donors (Lipinski definition) is 1. The lowest BCUT2D eigenvalue weighted by molar-refractivity contribution is -0.135. The number of carbonyl (C=O) groups is 2. The number of likely N-dealkylation sites (tertiary alicyclic amines) is 1. The van der Waals surface area contributed by atoms with Gasteiger partial charge in [0.2, 0.25) is 5.67 Å². The van der Waals surface area contributed by atoms with Gasteiger partial charge in [-0.05, 0) is 43.0 Å². The highest BCUT2D eigenvalue weighted by Crippen LogP contribution is 2.30. The van der Waals surface area contributed by atoms with E-state index in [0.29, 0.717) is 30.3 Å². The minimum atomic E-state index is -1.94. The van der Waals surface area contributed by atoms with Crippen molar-refractivity contribution < 1.29 is 14.0 Å². The first-order chi connectivity index (χ1) is 10.1. The van der Waals surface area contributed by atoms with Gasteiger partial charge in [-0.15, -0.1) is 11.3 Å². The Morgan fingerprint density at radius 3 is 2.95 bits per heavy atom. The molecule has 4 nitrogen and oxygen atoms in total. The fraction of sp³-hybridized carbons (Fsp3) is 0.600. The van der Waals surface area contributed by atoms with Gasteiger partial charge in [-0.25, -0.2) is 4.39 Å². The van der Waals surface area contributed by atoms with Crippen LogP contribution in [0.5, 0.6) is 0 Å². The first-order valence-corrected chi connectivity index (χ1v) is 8.26. The highest BCUT2D eigenvalue weighted by molar-refractivity contribution is 7.12. The molecule has 0 radical (unpaired) electrons. The summed E-state index contributed by atoms with van der Waals surface area (Å²) in [6.45, 7) is 0.932. The topological polar surface area (TPSA) is 49.4 Å². The summed E-state index contributed by atoms with van der Waals surface area (Å²) in [6, 6.07) is 3.53. The van der Waals surface area contributed by atoms with E-state index < -0.39 is 11.6 Å². The van der Waals surface area contributed by atoms with E-state index in [0.717, 1.165) is 12.8 Å². The van der Waals surface area contributed by atoms with Gasteiger partial charge in [0.25, 0.3) is 11.8 Å². The Balaban J connectivity index is 1.63. The first kappa shape index (κ1) is 14.5. The number of hydrogen-bond acceptors (Lipinski definition) is 3. The second-order valence-corrected chi connectivity index (χ2v) is 6.87. The third-order valence-electron chi connectivity index (χ3n) is 4.12. The van der Waals surface area contributed by atoms with E-state index in [1.54, 1.807) is 12.1 Å². The third-order valence-corrected chi connectivity index (χ3v) is 4.97. The maximum atomic E-state index is 14.9. The van der Waals surface area contributed by atoms with Gasteiger partial charge in [-0.3, -0.25) is 9.59 Å². The van der Waals surface area contributed by atoms with Gasteiger partial charge in [-0.2, -0.15) is 0 Å². The van der Waals surface area contributed by atoms with Crippen molar-refractivity contribution in [1.82, 2.24) is 10.2 Å². The second kappa shape index (κ2) is 5.75. The number of alkyl halides is 1. The van der Waals surface area contributed by atoms with Crippen LogP contribution >= 0.6 is 11.3 Å². The van der Waals surface area contributed by atoms with Crippen molar-refractivity contribution in [3.8, 4) is 0 Å². The van der Waals surface area contributed by atoms with Crippen LogP contribution in [0.4, 0.5) is 4.39 Å². The van der Waals surface area contributed by atoms with Crippen LogP contribution < -0.4 is 5.32 Å². The van der Waals surface area contributed by atoms with E-state index in [4.69, 9.17) is 0 Å². The summed E-state index contributed by atoms with van der Waals surface area (Å²) in [7, 11) is 0. The van der Waals surface area contributed by atoms with Crippen LogP contribution in [0.2, 0.25) is 0 Å². The monoisotopic (exact) mass is 310 g/mol. The van der Waals surface area contributed by atoms with Crippen LogP contribution in [0.1, 0.15) is 35.4 Å². The fourth-order valence-corrected chi connectivity index (χ4v) is 3.33. The van der Waals surface area contributed by atoms with Crippen molar-refractivity contribution in [2.24, 2.45) is 5.92 Å². The zero-order chi connectivity index (χ0) is 14.9. The molecule has 1 N–H and O–H groups in total. The maximum Gasteiger partial charge on any atom is 0.264 e. The molecule has 0 aromatic carbocycles. The maximum absolute atomic E-state index is 14.9. The van der Waals surface area contributed by atoms with Crippen molar-refractivity contribution in [2.45, 2.75) is 31.4 Å². The summed E-state index contributed by atoms with van der Waals surface area (Å²) in [5.74, 6) is -0.218. The number of nitrogens with zero attached hydrogens (tertiary/aromatic N) is 1. The SMILES string of the molecule is O=C(c1cccs1)N1CCCC(F)(C(=O)NCC2CC2)C1. The van der Waals surface area contributed by atoms with Crippen molar-refractivity contribution in [3.63, 3.8) is 0 Å². The lowest BCUT2D eigenvalue weighted by Crippen LogP contribution is -2.55. The summed E-state index contributed by atoms with van der Waals surface area (Å²) < 4.78 is 14.9. The predicted octanol–water partition coefficient (Wildman–Crippen LogP) is 2.22. The Morgan fingerprint density at radius 2 is 2.29 bits per heavy atom. The Kier molecular flexibility index (Phi) is 3.97. The average molecular weight is 310 g/mol. The molecule has 1 aromatic rings. The lowest BCUT2D eigenvalue weighted by atomic mass is 9.93. The number of nitrogens with one attached hydrogen (secondary N) is 1. The smallest absolute Gasteiger partial charge is 0.264 e. The Bertz CT molecular complexity index is 530. The number of carbonyl (C=O) groups excluding carboxylic acids is 2. The molecule has 2 amide bonds. The summed E-state index contributed by atoms with van der Waals surface area (Å²) in [5.41, 5.74) is -1.94. The van der Waals surface area contributed by atoms with E-state index in [-0.39, 0.29) is 18.9 Å². The second-order valence-electron chi connectivity index (χ2n) is 5.93. The summed E-state index contributed by atoms with van der Waals surface area (Å²) >= 11 is 1.34. The third kappa shape index (κ3) is 3.26. The molecule has 1 unspecified atom stereocenters. The Labute approximate surface area is 127 Å². The molecular formula is C15H19FN2O2S. The van der Waals surface area contributed by atoms with Crippen LogP contribution in [0, 0.1) is 5.92 Å². The number of rotatable bonds is 4. The highest BCUT2D eigenvalue weighted by Gasteiger charge is 2.44. The van der Waals surface area contributed by atoms with Crippen molar-refractivity contribution in [1.29, 1.82) is 0 Å². The van der Waals surface area contributed by atoms with E-state index in [2.05, 4.69) is 5.32 Å². The average Bonchev–Trinajstić information content (AvgIpc) is 3.15. The summed E-state index contributed by atoms with van der Waals surface area (Å²) in [6.07, 6.45) is 2.94. The number of amides is 2. The molecule has 114 valence electrons. The van der Waals surface area contributed by atoms with Crippen molar-refractivity contribution >= 4 is 23.2 Å². The molecule has 1 aliphatic heterocycles. The number of thiophene rings is 1. The summed E-state index contributed by atoms with van der Waals surface area (Å²) in [5, 5.41) is 4.52. The molecule has 0 bridgehead atoms. The lowest BCUT2D eigenvalue weighted by Gasteiger charge is -2.36. The zero-order valence-corrected chi connectivity index (χ0v) is 12.6. The predicted molar refractivity (Wildman–Crippen MR) is 79.0 cm³/mol. The molecule has 2 aliphatic rings. The molecule has 1 atom stereocenters. The van der Waals surface area contributed by atoms with E-state index in [1.807, 2.05) is 5.38 Å². The first-order valence-electron chi connectivity index (χ1n) is 7.38. The van der Waals surface area contributed by atoms with E-state index in [9.17, 15) is 14.0 Å². The quantitative estimate of drug-likeness (QED) is 0.927. The van der Waals surface area contributed by atoms with E-state index >= 15 is 0 Å². The molecule has 2 fully saturated rings. The molecule has 1 aromatic heterocycles. The zero-order valence-electron chi connectivity index (χ0n) is 11.8. The summed E-state index contributed by atoms with van der Waals surface area (Å²) in [4.78, 5) is 26.4. The van der Waals surface area contributed by atoms with Crippen LogP contribution in [0.3, 0.4) is 0 Å². The van der Waals surface area contributed by atoms with Gasteiger partial charge in [0.05, 0.1) is 11.4 Å².